The third-order valence-corrected chi connectivity index (χ3v) is 7.01. The fourth-order valence-corrected chi connectivity index (χ4v) is 5.61. The van der Waals surface area contributed by atoms with Crippen LogP contribution in [0.15, 0.2) is 57.1 Å². The van der Waals surface area contributed by atoms with E-state index in [1.807, 2.05) is 54.8 Å². The van der Waals surface area contributed by atoms with E-state index in [2.05, 4.69) is 22.0 Å². The first-order valence-corrected chi connectivity index (χ1v) is 12.1. The topological polar surface area (TPSA) is 53.4 Å². The highest BCUT2D eigenvalue weighted by atomic mass is 79.9. The fourth-order valence-electron chi connectivity index (χ4n) is 4.10. The maximum Gasteiger partial charge on any atom is 0.263 e. The van der Waals surface area contributed by atoms with Gasteiger partial charge in [0.25, 0.3) is 5.56 Å². The summed E-state index contributed by atoms with van der Waals surface area (Å²) in [7, 11) is 1.63. The minimum atomic E-state index is 0.0268. The second-order valence-corrected chi connectivity index (χ2v) is 9.19. The molecular formula is C25H21BrN2O3S. The van der Waals surface area contributed by atoms with Crippen LogP contribution >= 0.6 is 27.3 Å². The number of methoxy groups -OCH3 is 1. The second-order valence-electron chi connectivity index (χ2n) is 7.47. The summed E-state index contributed by atoms with van der Waals surface area (Å²) >= 11 is 5.10. The second kappa shape index (κ2) is 8.56. The molecule has 0 amide bonds. The highest BCUT2D eigenvalue weighted by Crippen LogP contribution is 2.39. The van der Waals surface area contributed by atoms with Crippen molar-refractivity contribution >= 4 is 49.1 Å². The molecule has 0 saturated carbocycles. The van der Waals surface area contributed by atoms with Gasteiger partial charge < -0.3 is 9.47 Å². The minimum Gasteiger partial charge on any atom is -0.493 e. The number of benzene rings is 2. The largest absolute Gasteiger partial charge is 0.493 e. The lowest BCUT2D eigenvalue weighted by atomic mass is 10.1. The summed E-state index contributed by atoms with van der Waals surface area (Å²) in [5, 5.41) is 2.73. The normalized spacial score (nSPS) is 14.2. The van der Waals surface area contributed by atoms with Crippen molar-refractivity contribution in [2.24, 2.45) is 0 Å². The van der Waals surface area contributed by atoms with Crippen molar-refractivity contribution in [2.45, 2.75) is 19.9 Å². The number of nitrogens with zero attached hydrogens (tertiary/aromatic N) is 2. The number of hydrogen-bond acceptors (Lipinski definition) is 5. The SMILES string of the molecule is CCOc1c(Br)cc(/C=C2\CCn3c2nc2scc(-c4ccccc4)c2c3=O)cc1OC. The van der Waals surface area contributed by atoms with Crippen LogP contribution in [-0.2, 0) is 6.54 Å². The zero-order valence-electron chi connectivity index (χ0n) is 17.7. The van der Waals surface area contributed by atoms with Crippen LogP contribution in [0.4, 0.5) is 0 Å². The number of hydrogen-bond donors (Lipinski definition) is 0. The van der Waals surface area contributed by atoms with Gasteiger partial charge in [-0.05, 0) is 64.2 Å². The van der Waals surface area contributed by atoms with Gasteiger partial charge in [0, 0.05) is 17.5 Å². The number of thiophene rings is 1. The van der Waals surface area contributed by atoms with E-state index < -0.39 is 0 Å². The van der Waals surface area contributed by atoms with Crippen LogP contribution < -0.4 is 15.0 Å². The molecule has 2 aromatic carbocycles. The van der Waals surface area contributed by atoms with Crippen molar-refractivity contribution in [3.05, 3.63) is 74.1 Å². The third-order valence-electron chi connectivity index (χ3n) is 5.55. The van der Waals surface area contributed by atoms with Gasteiger partial charge >= 0.3 is 0 Å². The van der Waals surface area contributed by atoms with E-state index in [9.17, 15) is 4.79 Å². The number of rotatable bonds is 5. The molecule has 0 bridgehead atoms. The van der Waals surface area contributed by atoms with Crippen LogP contribution in [0.5, 0.6) is 11.5 Å². The Morgan fingerprint density at radius 2 is 2.06 bits per heavy atom. The molecule has 0 unspecified atom stereocenters. The van der Waals surface area contributed by atoms with Crippen LogP contribution in [0.3, 0.4) is 0 Å². The van der Waals surface area contributed by atoms with Crippen molar-refractivity contribution in [1.82, 2.24) is 9.55 Å². The molecule has 0 spiro atoms. The number of allylic oxidation sites excluding steroid dienone is 1. The molecule has 4 aromatic rings. The zero-order valence-corrected chi connectivity index (χ0v) is 20.1. The molecule has 1 aliphatic heterocycles. The summed E-state index contributed by atoms with van der Waals surface area (Å²) < 4.78 is 13.8. The van der Waals surface area contributed by atoms with Crippen molar-refractivity contribution < 1.29 is 9.47 Å². The summed E-state index contributed by atoms with van der Waals surface area (Å²) in [5.74, 6) is 2.10. The molecule has 162 valence electrons. The lowest BCUT2D eigenvalue weighted by Gasteiger charge is -2.12. The van der Waals surface area contributed by atoms with E-state index >= 15 is 0 Å². The molecule has 0 atom stereocenters. The first-order valence-electron chi connectivity index (χ1n) is 10.4. The van der Waals surface area contributed by atoms with E-state index in [1.165, 1.54) is 11.3 Å². The maximum atomic E-state index is 13.4. The summed E-state index contributed by atoms with van der Waals surface area (Å²) in [5.41, 5.74) is 4.02. The average Bonchev–Trinajstić information content (AvgIpc) is 3.41. The number of halogens is 1. The number of aromatic nitrogens is 2. The van der Waals surface area contributed by atoms with Gasteiger partial charge in [-0.1, -0.05) is 30.3 Å². The van der Waals surface area contributed by atoms with Crippen molar-refractivity contribution in [1.29, 1.82) is 0 Å². The molecule has 0 fully saturated rings. The molecule has 0 saturated heterocycles. The minimum absolute atomic E-state index is 0.0268. The molecule has 5 rings (SSSR count). The zero-order chi connectivity index (χ0) is 22.2. The summed E-state index contributed by atoms with van der Waals surface area (Å²) in [6.07, 6.45) is 2.83. The molecular weight excluding hydrogens is 488 g/mol. The summed E-state index contributed by atoms with van der Waals surface area (Å²) in [4.78, 5) is 19.1. The Kier molecular flexibility index (Phi) is 5.61. The van der Waals surface area contributed by atoms with Crippen LogP contribution in [0.1, 0.15) is 24.7 Å². The summed E-state index contributed by atoms with van der Waals surface area (Å²) in [6, 6.07) is 14.0. The van der Waals surface area contributed by atoms with Crippen LogP contribution in [-0.4, -0.2) is 23.3 Å². The van der Waals surface area contributed by atoms with Gasteiger partial charge in [-0.15, -0.1) is 11.3 Å². The third kappa shape index (κ3) is 3.55. The van der Waals surface area contributed by atoms with Crippen LogP contribution in [0.2, 0.25) is 0 Å². The standard InChI is InChI=1S/C25H21BrN2O3S/c1-3-31-22-19(26)12-15(13-20(22)30-2)11-17-9-10-28-23(17)27-24-21(25(28)29)18(14-32-24)16-7-5-4-6-8-16/h4-8,11-14H,3,9-10H2,1-2H3/b17-11+. The first kappa shape index (κ1) is 21.0. The molecule has 2 aromatic heterocycles. The number of ether oxygens (including phenoxy) is 2. The van der Waals surface area contributed by atoms with E-state index in [0.29, 0.717) is 30.0 Å². The molecule has 1 aliphatic rings. The van der Waals surface area contributed by atoms with Crippen LogP contribution in [0, 0.1) is 0 Å². The number of fused-ring (bicyclic) bond motifs is 2. The molecule has 7 heteroatoms. The molecule has 32 heavy (non-hydrogen) atoms. The molecule has 3 heterocycles. The van der Waals surface area contributed by atoms with Crippen LogP contribution in [0.25, 0.3) is 33.0 Å². The highest BCUT2D eigenvalue weighted by molar-refractivity contribution is 9.10. The Hall–Kier alpha value is -2.90. The first-order chi connectivity index (χ1) is 15.6. The van der Waals surface area contributed by atoms with Gasteiger partial charge in [0.2, 0.25) is 0 Å². The van der Waals surface area contributed by atoms with Crippen molar-refractivity contribution in [3.8, 4) is 22.6 Å². The lowest BCUT2D eigenvalue weighted by molar-refractivity contribution is 0.309. The van der Waals surface area contributed by atoms with Gasteiger partial charge in [0.15, 0.2) is 11.5 Å². The average molecular weight is 509 g/mol. The predicted octanol–water partition coefficient (Wildman–Crippen LogP) is 6.24. The summed E-state index contributed by atoms with van der Waals surface area (Å²) in [6.45, 7) is 3.12. The molecule has 0 radical (unpaired) electrons. The van der Waals surface area contributed by atoms with E-state index in [4.69, 9.17) is 14.5 Å². The Balaban J connectivity index is 1.60. The lowest BCUT2D eigenvalue weighted by Crippen LogP contribution is -2.20. The Labute approximate surface area is 198 Å². The van der Waals surface area contributed by atoms with Gasteiger partial charge in [-0.2, -0.15) is 0 Å². The molecule has 5 nitrogen and oxygen atoms in total. The fraction of sp³-hybridized carbons (Fsp3) is 0.200. The highest BCUT2D eigenvalue weighted by Gasteiger charge is 2.24. The molecule has 0 N–H and O–H groups in total. The van der Waals surface area contributed by atoms with E-state index in [-0.39, 0.29) is 5.56 Å². The maximum absolute atomic E-state index is 13.4. The Bertz CT molecular complexity index is 1410. The smallest absolute Gasteiger partial charge is 0.263 e. The predicted molar refractivity (Wildman–Crippen MR) is 134 cm³/mol. The molecule has 0 aliphatic carbocycles. The van der Waals surface area contributed by atoms with Gasteiger partial charge in [-0.3, -0.25) is 9.36 Å². The Morgan fingerprint density at radius 3 is 2.81 bits per heavy atom. The van der Waals surface area contributed by atoms with Gasteiger partial charge in [-0.25, -0.2) is 4.98 Å². The van der Waals surface area contributed by atoms with Crippen molar-refractivity contribution in [2.75, 3.05) is 13.7 Å². The monoisotopic (exact) mass is 508 g/mol. The quantitative estimate of drug-likeness (QED) is 0.320. The van der Waals surface area contributed by atoms with Crippen molar-refractivity contribution in [3.63, 3.8) is 0 Å². The van der Waals surface area contributed by atoms with E-state index in [1.54, 1.807) is 11.7 Å². The van der Waals surface area contributed by atoms with E-state index in [0.717, 1.165) is 43.8 Å². The Morgan fingerprint density at radius 1 is 1.25 bits per heavy atom. The van der Waals surface area contributed by atoms with Gasteiger partial charge in [0.1, 0.15) is 10.7 Å². The van der Waals surface area contributed by atoms with Gasteiger partial charge in [0.05, 0.1) is 23.6 Å².